The van der Waals surface area contributed by atoms with E-state index in [4.69, 9.17) is 0 Å². The summed E-state index contributed by atoms with van der Waals surface area (Å²) < 4.78 is 0. The molecule has 0 radical (unpaired) electrons. The first-order valence-corrected chi connectivity index (χ1v) is 5.42. The lowest BCUT2D eigenvalue weighted by atomic mass is 10.1. The minimum absolute atomic E-state index is 1.07. The number of hydrogen-bond acceptors (Lipinski definition) is 2. The van der Waals surface area contributed by atoms with Crippen LogP contribution in [0.5, 0.6) is 0 Å². The summed E-state index contributed by atoms with van der Waals surface area (Å²) in [6.07, 6.45) is 4.02. The van der Waals surface area contributed by atoms with Crippen molar-refractivity contribution in [1.29, 1.82) is 0 Å². The van der Waals surface area contributed by atoms with E-state index in [1.165, 1.54) is 15.7 Å². The molecule has 2 heteroatoms. The third-order valence-electron chi connectivity index (χ3n) is 2.07. The topological polar surface area (TPSA) is 12.9 Å². The number of fused-ring (bicyclic) bond motifs is 1. The molecule has 0 spiro atoms. The number of aryl methyl sites for hydroxylation is 1. The Bertz CT molecular complexity index is 437. The molecule has 0 unspecified atom stereocenters. The van der Waals surface area contributed by atoms with Crippen LogP contribution in [-0.4, -0.2) is 11.2 Å². The molecule has 0 amide bonds. The Morgan fingerprint density at radius 2 is 2.00 bits per heavy atom. The van der Waals surface area contributed by atoms with Crippen molar-refractivity contribution in [2.45, 2.75) is 11.8 Å². The Labute approximate surface area is 82.2 Å². The van der Waals surface area contributed by atoms with E-state index in [1.807, 2.05) is 13.1 Å². The zero-order valence-electron chi connectivity index (χ0n) is 7.74. The Balaban J connectivity index is 2.66. The SMILES string of the molecule is CSc1ccc2cc(C)ncc2c1. The van der Waals surface area contributed by atoms with E-state index in [-0.39, 0.29) is 0 Å². The molecule has 0 aliphatic heterocycles. The van der Waals surface area contributed by atoms with Crippen LogP contribution in [0.15, 0.2) is 35.4 Å². The van der Waals surface area contributed by atoms with Crippen molar-refractivity contribution >= 4 is 22.5 Å². The van der Waals surface area contributed by atoms with Crippen LogP contribution in [0.3, 0.4) is 0 Å². The van der Waals surface area contributed by atoms with Crippen molar-refractivity contribution in [2.24, 2.45) is 0 Å². The molecule has 0 aliphatic carbocycles. The Morgan fingerprint density at radius 3 is 2.77 bits per heavy atom. The van der Waals surface area contributed by atoms with E-state index in [1.54, 1.807) is 11.8 Å². The monoisotopic (exact) mass is 189 g/mol. The van der Waals surface area contributed by atoms with Crippen LogP contribution in [0, 0.1) is 6.92 Å². The van der Waals surface area contributed by atoms with Gasteiger partial charge < -0.3 is 0 Å². The molecule has 1 aromatic carbocycles. The fraction of sp³-hybridized carbons (Fsp3) is 0.182. The van der Waals surface area contributed by atoms with Crippen molar-refractivity contribution in [3.05, 3.63) is 36.2 Å². The van der Waals surface area contributed by atoms with Crippen LogP contribution < -0.4 is 0 Å². The molecule has 1 nitrogen and oxygen atoms in total. The number of aromatic nitrogens is 1. The first-order valence-electron chi connectivity index (χ1n) is 4.20. The van der Waals surface area contributed by atoms with Gasteiger partial charge in [-0.05, 0) is 36.8 Å². The van der Waals surface area contributed by atoms with Crippen LogP contribution in [0.4, 0.5) is 0 Å². The maximum absolute atomic E-state index is 4.27. The molecule has 1 aromatic heterocycles. The summed E-state index contributed by atoms with van der Waals surface area (Å²) in [4.78, 5) is 5.56. The van der Waals surface area contributed by atoms with E-state index in [0.29, 0.717) is 0 Å². The van der Waals surface area contributed by atoms with Gasteiger partial charge in [-0.2, -0.15) is 0 Å². The number of rotatable bonds is 1. The highest BCUT2D eigenvalue weighted by atomic mass is 32.2. The van der Waals surface area contributed by atoms with Crippen LogP contribution in [0.2, 0.25) is 0 Å². The summed E-state index contributed by atoms with van der Waals surface area (Å²) in [5, 5.41) is 2.49. The number of thioether (sulfide) groups is 1. The standard InChI is InChI=1S/C11H11NS/c1-8-5-9-3-4-11(13-2)6-10(9)7-12-8/h3-7H,1-2H3. The Morgan fingerprint density at radius 1 is 1.15 bits per heavy atom. The van der Waals surface area contributed by atoms with E-state index in [9.17, 15) is 0 Å². The van der Waals surface area contributed by atoms with Gasteiger partial charge in [0.15, 0.2) is 0 Å². The number of pyridine rings is 1. The summed E-state index contributed by atoms with van der Waals surface area (Å²) in [5.41, 5.74) is 1.07. The molecule has 13 heavy (non-hydrogen) atoms. The number of benzene rings is 1. The Hall–Kier alpha value is -1.02. The minimum atomic E-state index is 1.07. The van der Waals surface area contributed by atoms with Gasteiger partial charge in [-0.25, -0.2) is 0 Å². The fourth-order valence-corrected chi connectivity index (χ4v) is 1.81. The number of nitrogens with zero attached hydrogens (tertiary/aromatic N) is 1. The molecule has 0 saturated heterocycles. The molecule has 0 bridgehead atoms. The Kier molecular flexibility index (Phi) is 2.23. The highest BCUT2D eigenvalue weighted by Crippen LogP contribution is 2.21. The molecule has 0 fully saturated rings. The number of hydrogen-bond donors (Lipinski definition) is 0. The summed E-state index contributed by atoms with van der Waals surface area (Å²) in [5.74, 6) is 0. The van der Waals surface area contributed by atoms with Gasteiger partial charge in [0.2, 0.25) is 0 Å². The highest BCUT2D eigenvalue weighted by molar-refractivity contribution is 7.98. The average Bonchev–Trinajstić information content (AvgIpc) is 2.17. The maximum Gasteiger partial charge on any atom is 0.0379 e. The normalized spacial score (nSPS) is 10.6. The second kappa shape index (κ2) is 3.38. The second-order valence-corrected chi connectivity index (χ2v) is 3.92. The van der Waals surface area contributed by atoms with Crippen molar-refractivity contribution in [1.82, 2.24) is 4.98 Å². The largest absolute Gasteiger partial charge is 0.261 e. The van der Waals surface area contributed by atoms with E-state index >= 15 is 0 Å². The van der Waals surface area contributed by atoms with Crippen molar-refractivity contribution in [2.75, 3.05) is 6.26 Å². The molecule has 2 aromatic rings. The zero-order valence-corrected chi connectivity index (χ0v) is 8.56. The first-order chi connectivity index (χ1) is 6.29. The third-order valence-corrected chi connectivity index (χ3v) is 2.79. The minimum Gasteiger partial charge on any atom is -0.261 e. The van der Waals surface area contributed by atoms with Crippen molar-refractivity contribution in [3.8, 4) is 0 Å². The van der Waals surface area contributed by atoms with E-state index in [2.05, 4.69) is 35.5 Å². The quantitative estimate of drug-likeness (QED) is 0.639. The van der Waals surface area contributed by atoms with Gasteiger partial charge in [-0.15, -0.1) is 11.8 Å². The summed E-state index contributed by atoms with van der Waals surface area (Å²) in [6, 6.07) is 8.58. The lowest BCUT2D eigenvalue weighted by Crippen LogP contribution is -1.81. The molecule has 0 N–H and O–H groups in total. The van der Waals surface area contributed by atoms with Crippen molar-refractivity contribution in [3.63, 3.8) is 0 Å². The summed E-state index contributed by atoms with van der Waals surface area (Å²) in [7, 11) is 0. The molecule has 66 valence electrons. The summed E-state index contributed by atoms with van der Waals surface area (Å²) in [6.45, 7) is 2.02. The van der Waals surface area contributed by atoms with Crippen LogP contribution >= 0.6 is 11.8 Å². The predicted molar refractivity (Wildman–Crippen MR) is 58.3 cm³/mol. The lowest BCUT2D eigenvalue weighted by molar-refractivity contribution is 1.22. The molecular formula is C11H11NS. The van der Waals surface area contributed by atoms with Gasteiger partial charge in [0, 0.05) is 22.2 Å². The maximum atomic E-state index is 4.27. The highest BCUT2D eigenvalue weighted by Gasteiger charge is 1.95. The predicted octanol–water partition coefficient (Wildman–Crippen LogP) is 3.27. The van der Waals surface area contributed by atoms with Gasteiger partial charge in [0.05, 0.1) is 0 Å². The van der Waals surface area contributed by atoms with Gasteiger partial charge in [-0.1, -0.05) is 6.07 Å². The van der Waals surface area contributed by atoms with E-state index < -0.39 is 0 Å². The van der Waals surface area contributed by atoms with Crippen molar-refractivity contribution < 1.29 is 0 Å². The molecule has 0 saturated carbocycles. The zero-order chi connectivity index (χ0) is 9.26. The summed E-state index contributed by atoms with van der Waals surface area (Å²) >= 11 is 1.76. The van der Waals surface area contributed by atoms with Gasteiger partial charge in [0.1, 0.15) is 0 Å². The lowest BCUT2D eigenvalue weighted by Gasteiger charge is -2.00. The van der Waals surface area contributed by atoms with Gasteiger partial charge in [-0.3, -0.25) is 4.98 Å². The fourth-order valence-electron chi connectivity index (χ4n) is 1.36. The second-order valence-electron chi connectivity index (χ2n) is 3.04. The average molecular weight is 189 g/mol. The van der Waals surface area contributed by atoms with Crippen LogP contribution in [-0.2, 0) is 0 Å². The molecule has 0 aliphatic rings. The smallest absolute Gasteiger partial charge is 0.0379 e. The van der Waals surface area contributed by atoms with Crippen LogP contribution in [0.1, 0.15) is 5.69 Å². The third kappa shape index (κ3) is 1.68. The van der Waals surface area contributed by atoms with Crippen LogP contribution in [0.25, 0.3) is 10.8 Å². The molecule has 1 heterocycles. The van der Waals surface area contributed by atoms with Gasteiger partial charge >= 0.3 is 0 Å². The molecular weight excluding hydrogens is 178 g/mol. The van der Waals surface area contributed by atoms with E-state index in [0.717, 1.165) is 5.69 Å². The first kappa shape index (κ1) is 8.57. The molecule has 0 atom stereocenters. The molecule has 2 rings (SSSR count). The van der Waals surface area contributed by atoms with Gasteiger partial charge in [0.25, 0.3) is 0 Å².